The van der Waals surface area contributed by atoms with Gasteiger partial charge in [-0.15, -0.1) is 0 Å². The number of hydrogen-bond acceptors (Lipinski definition) is 8. The van der Waals surface area contributed by atoms with Crippen molar-refractivity contribution in [3.05, 3.63) is 6.33 Å². The van der Waals surface area contributed by atoms with Gasteiger partial charge in [0.15, 0.2) is 0 Å². The Kier molecular flexibility index (Phi) is 15.1. The monoisotopic (exact) mass is 885 g/mol. The number of hydrogen-bond donors (Lipinski definition) is 1. The maximum atomic E-state index is 7.47. The van der Waals surface area contributed by atoms with Crippen LogP contribution in [0.5, 0.6) is 0 Å². The third-order valence-electron chi connectivity index (χ3n) is 13.1. The van der Waals surface area contributed by atoms with Gasteiger partial charge in [-0.05, 0) is 0 Å². The van der Waals surface area contributed by atoms with Crippen molar-refractivity contribution in [2.24, 2.45) is 0 Å². The Morgan fingerprint density at radius 2 is 1.12 bits per heavy atom. The first kappa shape index (κ1) is 46.0. The molecule has 0 saturated carbocycles. The van der Waals surface area contributed by atoms with Crippen LogP contribution in [0.25, 0.3) is 11.2 Å². The van der Waals surface area contributed by atoms with E-state index >= 15 is 0 Å². The first-order valence-corrected chi connectivity index (χ1v) is 36.6. The molecular formula is C39H79N5O4Si3Sn. The van der Waals surface area contributed by atoms with Crippen LogP contribution in [0.3, 0.4) is 0 Å². The van der Waals surface area contributed by atoms with Gasteiger partial charge in [-0.2, -0.15) is 0 Å². The maximum absolute atomic E-state index is 7.47. The number of nitrogens with zero attached hydrogens (tertiary/aromatic N) is 4. The number of ether oxygens (including phenoxy) is 1. The van der Waals surface area contributed by atoms with E-state index in [1.54, 1.807) is 0 Å². The van der Waals surface area contributed by atoms with Gasteiger partial charge >= 0.3 is 328 Å². The summed E-state index contributed by atoms with van der Waals surface area (Å²) in [7, 11) is -6.97. The Labute approximate surface area is 326 Å². The molecule has 0 amide bonds. The molecule has 0 aromatic carbocycles. The van der Waals surface area contributed by atoms with E-state index in [1.165, 1.54) is 51.8 Å². The summed E-state index contributed by atoms with van der Waals surface area (Å²) >= 11 is -3.07. The van der Waals surface area contributed by atoms with Crippen molar-refractivity contribution < 1.29 is 18.0 Å². The summed E-state index contributed by atoms with van der Waals surface area (Å²) in [5.74, 6) is 0.479. The van der Waals surface area contributed by atoms with Crippen molar-refractivity contribution in [3.8, 4) is 0 Å². The second kappa shape index (κ2) is 17.0. The number of rotatable bonds is 17. The molecule has 13 heteroatoms. The second-order valence-electron chi connectivity index (χ2n) is 20.3. The molecule has 300 valence electrons. The zero-order valence-electron chi connectivity index (χ0n) is 36.7. The van der Waals surface area contributed by atoms with Gasteiger partial charge in [0.2, 0.25) is 0 Å². The van der Waals surface area contributed by atoms with Gasteiger partial charge < -0.3 is 0 Å². The molecule has 0 spiro atoms. The van der Waals surface area contributed by atoms with Crippen LogP contribution in [-0.4, -0.2) is 81.3 Å². The molecule has 2 aromatic heterocycles. The zero-order chi connectivity index (χ0) is 39.7. The van der Waals surface area contributed by atoms with Gasteiger partial charge in [-0.25, -0.2) is 0 Å². The van der Waals surface area contributed by atoms with Crippen LogP contribution in [0.2, 0.25) is 67.7 Å². The van der Waals surface area contributed by atoms with E-state index in [0.717, 1.165) is 9.49 Å². The van der Waals surface area contributed by atoms with Gasteiger partial charge in [0, 0.05) is 0 Å². The molecule has 1 fully saturated rings. The first-order valence-electron chi connectivity index (χ1n) is 20.4. The fourth-order valence-corrected chi connectivity index (χ4v) is 24.9. The standard InChI is InChI=1S/C27H52N5O4Si3.3C4H9.Sn/c1-25(2,3)37(10,11)34-19-20(35-38(12,13)26(4,5)6)24(36-39(14,15)27(7,8)9)33-23(19)32-17-31-18-21(28)29-16-30-22(18)32;3*1-3-4-2;/h17,19-20,23-24H,1-15H3,(H2,28,29,30);3*1,3-4H2,2H3;/t19-,20+,23?,24+;;;;/m1..../s1. The third kappa shape index (κ3) is 10.1. The first-order chi connectivity index (χ1) is 23.7. The second-order valence-corrected chi connectivity index (χ2v) is 47.4. The predicted molar refractivity (Wildman–Crippen MR) is 231 cm³/mol. The number of aromatic nitrogens is 4. The van der Waals surface area contributed by atoms with Crippen LogP contribution in [0.1, 0.15) is 128 Å². The van der Waals surface area contributed by atoms with Crippen molar-refractivity contribution >= 4 is 64.2 Å². The van der Waals surface area contributed by atoms with Crippen LogP contribution in [0, 0.1) is 0 Å². The summed E-state index contributed by atoms with van der Waals surface area (Å²) < 4.78 is 36.2. The summed E-state index contributed by atoms with van der Waals surface area (Å²) in [5, 5.41) is -0.0613. The number of fused-ring (bicyclic) bond motifs is 1. The number of nitrogen functional groups attached to an aromatic ring is 1. The van der Waals surface area contributed by atoms with E-state index < -0.39 is 68.1 Å². The molecule has 9 nitrogen and oxygen atoms in total. The summed E-state index contributed by atoms with van der Waals surface area (Å²) in [6, 6.07) is 0. The molecule has 52 heavy (non-hydrogen) atoms. The minimum atomic E-state index is -3.07. The summed E-state index contributed by atoms with van der Waals surface area (Å²) in [5.41, 5.74) is 8.25. The Hall–Kier alpha value is -0.361. The summed E-state index contributed by atoms with van der Waals surface area (Å²) in [6.45, 7) is 41.3. The average molecular weight is 885 g/mol. The van der Waals surface area contributed by atoms with Crippen molar-refractivity contribution in [2.45, 2.75) is 214 Å². The van der Waals surface area contributed by atoms with Gasteiger partial charge in [0.1, 0.15) is 0 Å². The van der Waals surface area contributed by atoms with Crippen LogP contribution < -0.4 is 9.57 Å². The Bertz CT molecular complexity index is 1440. The van der Waals surface area contributed by atoms with E-state index in [4.69, 9.17) is 38.7 Å². The van der Waals surface area contributed by atoms with E-state index in [9.17, 15) is 0 Å². The molecule has 1 saturated heterocycles. The number of imidazole rings is 1. The molecule has 2 aromatic rings. The Balaban J connectivity index is 2.35. The molecule has 1 aliphatic rings. The van der Waals surface area contributed by atoms with E-state index in [2.05, 4.69) is 127 Å². The fourth-order valence-electron chi connectivity index (χ4n) is 6.29. The number of unbranched alkanes of at least 4 members (excludes halogenated alkanes) is 3. The molecule has 1 unspecified atom stereocenters. The molecular weight excluding hydrogens is 805 g/mol. The minimum absolute atomic E-state index is 0.0157. The van der Waals surface area contributed by atoms with Gasteiger partial charge in [0.05, 0.1) is 0 Å². The normalized spacial score (nSPS) is 21.4. The molecule has 0 radical (unpaired) electrons. The van der Waals surface area contributed by atoms with E-state index in [0.29, 0.717) is 11.3 Å². The molecule has 4 atom stereocenters. The summed E-state index contributed by atoms with van der Waals surface area (Å²) in [6.07, 6.45) is 7.02. The average Bonchev–Trinajstić information content (AvgIpc) is 3.56. The fraction of sp³-hybridized carbons (Fsp3) is 0.872. The third-order valence-corrected chi connectivity index (χ3v) is 41.0. The molecule has 1 aliphatic heterocycles. The van der Waals surface area contributed by atoms with Crippen LogP contribution in [0.15, 0.2) is 6.33 Å². The van der Waals surface area contributed by atoms with Gasteiger partial charge in [-0.1, -0.05) is 0 Å². The topological polar surface area (TPSA) is 107 Å². The number of nitrogens with two attached hydrogens (primary N) is 1. The van der Waals surface area contributed by atoms with Crippen molar-refractivity contribution in [1.29, 1.82) is 0 Å². The van der Waals surface area contributed by atoms with Gasteiger partial charge in [0.25, 0.3) is 0 Å². The molecule has 3 heterocycles. The SMILES string of the molecule is CCC[CH2][Sn]([CH2]CCC)([CH2]CCC)[c]1nc(N)c2ncn(C3O[C@@H](O[Si](C)(C)C(C)(C)C)[C@@H](O[Si](C)(C)C(C)(C)C)[C@H]3O[Si](C)(C)C(C)(C)C)c2n1. The molecule has 2 N–H and O–H groups in total. The van der Waals surface area contributed by atoms with Crippen molar-refractivity contribution in [1.82, 2.24) is 19.5 Å². The molecule has 3 rings (SSSR count). The van der Waals surface area contributed by atoms with Crippen LogP contribution in [-0.2, 0) is 18.0 Å². The van der Waals surface area contributed by atoms with Crippen molar-refractivity contribution in [3.63, 3.8) is 0 Å². The van der Waals surface area contributed by atoms with Gasteiger partial charge in [-0.3, -0.25) is 0 Å². The molecule has 0 aliphatic carbocycles. The Morgan fingerprint density at radius 3 is 1.54 bits per heavy atom. The van der Waals surface area contributed by atoms with E-state index in [-0.39, 0.29) is 15.1 Å². The van der Waals surface area contributed by atoms with Crippen LogP contribution in [0.4, 0.5) is 5.82 Å². The summed E-state index contributed by atoms with van der Waals surface area (Å²) in [4.78, 5) is 15.6. The van der Waals surface area contributed by atoms with E-state index in [1.807, 2.05) is 6.33 Å². The zero-order valence-corrected chi connectivity index (χ0v) is 42.6. The Morgan fingerprint density at radius 1 is 0.692 bits per heavy atom. The van der Waals surface area contributed by atoms with Crippen LogP contribution >= 0.6 is 0 Å². The quantitative estimate of drug-likeness (QED) is 0.157. The number of anilines is 1. The predicted octanol–water partition coefficient (Wildman–Crippen LogP) is 11.1. The molecule has 0 bridgehead atoms. The van der Waals surface area contributed by atoms with Crippen molar-refractivity contribution in [2.75, 3.05) is 5.73 Å².